The highest BCUT2D eigenvalue weighted by Gasteiger charge is 2.26. The molecule has 1 heterocycles. The fourth-order valence-electron chi connectivity index (χ4n) is 2.83. The molecule has 2 rings (SSSR count). The van der Waals surface area contributed by atoms with Gasteiger partial charge in [-0.3, -0.25) is 4.90 Å². The van der Waals surface area contributed by atoms with E-state index in [1.807, 2.05) is 6.92 Å². The number of nitrogens with two attached hydrogens (primary N) is 1. The molecule has 1 aliphatic heterocycles. The molecule has 1 aromatic rings. The summed E-state index contributed by atoms with van der Waals surface area (Å²) in [5.74, 6) is 0. The van der Waals surface area contributed by atoms with Crippen molar-refractivity contribution >= 4 is 0 Å². The van der Waals surface area contributed by atoms with Crippen molar-refractivity contribution in [3.8, 4) is 0 Å². The van der Waals surface area contributed by atoms with E-state index in [1.165, 1.54) is 24.0 Å². The number of hydrogen-bond acceptors (Lipinski definition) is 3. The van der Waals surface area contributed by atoms with Crippen molar-refractivity contribution in [2.75, 3.05) is 19.7 Å². The molecule has 0 saturated carbocycles. The van der Waals surface area contributed by atoms with Gasteiger partial charge in [-0.15, -0.1) is 0 Å². The second kappa shape index (κ2) is 7.21. The quantitative estimate of drug-likeness (QED) is 0.898. The van der Waals surface area contributed by atoms with Gasteiger partial charge in [0.25, 0.3) is 0 Å². The molecule has 0 spiro atoms. The van der Waals surface area contributed by atoms with Crippen LogP contribution in [0.2, 0.25) is 0 Å². The number of benzene rings is 1. The third-order valence-corrected chi connectivity index (χ3v) is 4.26. The van der Waals surface area contributed by atoms with Gasteiger partial charge < -0.3 is 10.5 Å². The van der Waals surface area contributed by atoms with E-state index in [4.69, 9.17) is 10.5 Å². The van der Waals surface area contributed by atoms with E-state index in [-0.39, 0.29) is 12.1 Å². The number of hydrogen-bond donors (Lipinski definition) is 1. The van der Waals surface area contributed by atoms with Gasteiger partial charge in [-0.05, 0) is 31.4 Å². The van der Waals surface area contributed by atoms with E-state index in [1.54, 1.807) is 0 Å². The van der Waals surface area contributed by atoms with Crippen LogP contribution in [-0.2, 0) is 11.2 Å². The predicted octanol–water partition coefficient (Wildman–Crippen LogP) is 2.75. The molecular weight excluding hydrogens is 248 g/mol. The Hall–Kier alpha value is -0.900. The van der Waals surface area contributed by atoms with Gasteiger partial charge in [-0.1, -0.05) is 37.6 Å². The second-order valence-electron chi connectivity index (χ2n) is 5.93. The molecule has 3 heteroatoms. The molecule has 0 amide bonds. The molecule has 1 aromatic carbocycles. The molecule has 0 aliphatic carbocycles. The maximum atomic E-state index is 5.97. The Kier molecular flexibility index (Phi) is 5.58. The zero-order valence-electron chi connectivity index (χ0n) is 13.0. The molecule has 0 aromatic heterocycles. The van der Waals surface area contributed by atoms with Crippen molar-refractivity contribution in [1.82, 2.24) is 4.90 Å². The van der Waals surface area contributed by atoms with Crippen molar-refractivity contribution in [3.63, 3.8) is 0 Å². The van der Waals surface area contributed by atoms with Crippen LogP contribution in [0.1, 0.15) is 44.4 Å². The second-order valence-corrected chi connectivity index (χ2v) is 5.93. The first kappa shape index (κ1) is 15.5. The van der Waals surface area contributed by atoms with Crippen molar-refractivity contribution in [2.24, 2.45) is 5.73 Å². The zero-order valence-corrected chi connectivity index (χ0v) is 13.0. The van der Waals surface area contributed by atoms with Crippen molar-refractivity contribution in [2.45, 2.75) is 51.8 Å². The van der Waals surface area contributed by atoms with Crippen LogP contribution >= 0.6 is 0 Å². The van der Waals surface area contributed by atoms with Crippen LogP contribution in [0.15, 0.2) is 24.3 Å². The van der Waals surface area contributed by atoms with E-state index in [0.29, 0.717) is 6.04 Å². The Bertz CT molecular complexity index is 402. The molecule has 0 bridgehead atoms. The third kappa shape index (κ3) is 3.81. The molecule has 1 aliphatic rings. The molecule has 1 saturated heterocycles. The number of aryl methyl sites for hydroxylation is 1. The lowest BCUT2D eigenvalue weighted by Gasteiger charge is -2.38. The Morgan fingerprint density at radius 1 is 1.30 bits per heavy atom. The highest BCUT2D eigenvalue weighted by Crippen LogP contribution is 2.23. The molecule has 3 atom stereocenters. The Labute approximate surface area is 123 Å². The fraction of sp³-hybridized carbons (Fsp3) is 0.647. The maximum Gasteiger partial charge on any atom is 0.0850 e. The number of morpholine rings is 1. The topological polar surface area (TPSA) is 38.5 Å². The van der Waals surface area contributed by atoms with E-state index in [0.717, 1.165) is 19.7 Å². The minimum absolute atomic E-state index is 0.0944. The molecule has 20 heavy (non-hydrogen) atoms. The van der Waals surface area contributed by atoms with E-state index in [2.05, 4.69) is 43.0 Å². The summed E-state index contributed by atoms with van der Waals surface area (Å²) >= 11 is 0. The van der Waals surface area contributed by atoms with Crippen molar-refractivity contribution in [1.29, 1.82) is 0 Å². The highest BCUT2D eigenvalue weighted by molar-refractivity contribution is 5.25. The zero-order chi connectivity index (χ0) is 14.5. The minimum atomic E-state index is 0.0944. The monoisotopic (exact) mass is 276 g/mol. The summed E-state index contributed by atoms with van der Waals surface area (Å²) in [6.45, 7) is 9.22. The lowest BCUT2D eigenvalue weighted by molar-refractivity contribution is -0.0498. The highest BCUT2D eigenvalue weighted by atomic mass is 16.5. The van der Waals surface area contributed by atoms with Crippen LogP contribution in [0, 0.1) is 0 Å². The van der Waals surface area contributed by atoms with Crippen LogP contribution in [0.5, 0.6) is 0 Å². The van der Waals surface area contributed by atoms with Gasteiger partial charge in [-0.2, -0.15) is 0 Å². The lowest BCUT2D eigenvalue weighted by Crippen LogP contribution is -2.50. The molecule has 112 valence electrons. The van der Waals surface area contributed by atoms with Gasteiger partial charge >= 0.3 is 0 Å². The molecule has 1 fully saturated rings. The summed E-state index contributed by atoms with van der Waals surface area (Å²) in [6.07, 6.45) is 2.53. The first-order valence-electron chi connectivity index (χ1n) is 7.82. The number of nitrogens with zero attached hydrogens (tertiary/aromatic N) is 1. The molecule has 0 radical (unpaired) electrons. The van der Waals surface area contributed by atoms with Gasteiger partial charge in [0.1, 0.15) is 0 Å². The molecule has 3 unspecified atom stereocenters. The standard InChI is InChI=1S/C17H28N2O/c1-4-5-15-6-8-16(9-7-15)14(3)19-10-11-20-17(12-19)13(2)18/h6-9,13-14,17H,4-5,10-12,18H2,1-3H3. The van der Waals surface area contributed by atoms with E-state index in [9.17, 15) is 0 Å². The fourth-order valence-corrected chi connectivity index (χ4v) is 2.83. The van der Waals surface area contributed by atoms with E-state index < -0.39 is 0 Å². The Morgan fingerprint density at radius 2 is 2.00 bits per heavy atom. The lowest BCUT2D eigenvalue weighted by atomic mass is 10.0. The average Bonchev–Trinajstić information content (AvgIpc) is 2.48. The smallest absolute Gasteiger partial charge is 0.0850 e. The third-order valence-electron chi connectivity index (χ3n) is 4.26. The van der Waals surface area contributed by atoms with Crippen LogP contribution in [0.25, 0.3) is 0 Å². The van der Waals surface area contributed by atoms with Crippen LogP contribution in [-0.4, -0.2) is 36.7 Å². The number of ether oxygens (including phenoxy) is 1. The summed E-state index contributed by atoms with van der Waals surface area (Å²) in [5, 5.41) is 0. The average molecular weight is 276 g/mol. The number of rotatable bonds is 5. The summed E-state index contributed by atoms with van der Waals surface area (Å²) < 4.78 is 5.74. The summed E-state index contributed by atoms with van der Waals surface area (Å²) in [5.41, 5.74) is 8.78. The maximum absolute atomic E-state index is 5.97. The van der Waals surface area contributed by atoms with Crippen molar-refractivity contribution < 1.29 is 4.74 Å². The normalized spacial score (nSPS) is 23.5. The Morgan fingerprint density at radius 3 is 2.60 bits per heavy atom. The van der Waals surface area contributed by atoms with Crippen molar-refractivity contribution in [3.05, 3.63) is 35.4 Å². The van der Waals surface area contributed by atoms with Crippen LogP contribution in [0.4, 0.5) is 0 Å². The SMILES string of the molecule is CCCc1ccc(C(C)N2CCOC(C(C)N)C2)cc1. The van der Waals surface area contributed by atoms with Crippen LogP contribution in [0.3, 0.4) is 0 Å². The predicted molar refractivity (Wildman–Crippen MR) is 83.8 cm³/mol. The van der Waals surface area contributed by atoms with Crippen LogP contribution < -0.4 is 5.73 Å². The molecule has 3 nitrogen and oxygen atoms in total. The first-order valence-corrected chi connectivity index (χ1v) is 7.82. The molecule has 2 N–H and O–H groups in total. The Balaban J connectivity index is 2.00. The van der Waals surface area contributed by atoms with Gasteiger partial charge in [0.15, 0.2) is 0 Å². The first-order chi connectivity index (χ1) is 9.61. The largest absolute Gasteiger partial charge is 0.374 e. The summed E-state index contributed by atoms with van der Waals surface area (Å²) in [6, 6.07) is 9.59. The van der Waals surface area contributed by atoms with Gasteiger partial charge in [-0.25, -0.2) is 0 Å². The minimum Gasteiger partial charge on any atom is -0.374 e. The summed E-state index contributed by atoms with van der Waals surface area (Å²) in [7, 11) is 0. The summed E-state index contributed by atoms with van der Waals surface area (Å²) in [4.78, 5) is 2.48. The van der Waals surface area contributed by atoms with E-state index >= 15 is 0 Å². The van der Waals surface area contributed by atoms with Gasteiger partial charge in [0, 0.05) is 25.2 Å². The van der Waals surface area contributed by atoms with Gasteiger partial charge in [0.05, 0.1) is 12.7 Å². The van der Waals surface area contributed by atoms with Gasteiger partial charge in [0.2, 0.25) is 0 Å². The molecular formula is C17H28N2O.